The van der Waals surface area contributed by atoms with Crippen molar-refractivity contribution in [1.82, 2.24) is 4.98 Å². The van der Waals surface area contributed by atoms with E-state index in [0.717, 1.165) is 0 Å². The molecule has 1 amide bonds. The van der Waals surface area contributed by atoms with Crippen LogP contribution in [0.3, 0.4) is 0 Å². The fourth-order valence-corrected chi connectivity index (χ4v) is 2.09. The third-order valence-corrected chi connectivity index (χ3v) is 3.35. The topological polar surface area (TPSA) is 82.1 Å². The summed E-state index contributed by atoms with van der Waals surface area (Å²) in [4.78, 5) is 16.6. The van der Waals surface area contributed by atoms with Crippen LogP contribution in [-0.4, -0.2) is 10.9 Å². The molecule has 2 heterocycles. The first-order valence-electron chi connectivity index (χ1n) is 7.24. The second kappa shape index (κ2) is 5.39. The number of oxazole rings is 1. The Morgan fingerprint density at radius 1 is 1.22 bits per heavy atom. The zero-order valence-corrected chi connectivity index (χ0v) is 13.2. The quantitative estimate of drug-likeness (QED) is 0.582. The normalized spacial score (nSPS) is 11.6. The van der Waals surface area contributed by atoms with E-state index in [1.54, 1.807) is 18.2 Å². The van der Waals surface area contributed by atoms with Crippen LogP contribution in [0.1, 0.15) is 37.0 Å². The molecule has 6 nitrogen and oxygen atoms in total. The number of amides is 1. The van der Waals surface area contributed by atoms with Gasteiger partial charge in [0.15, 0.2) is 18.0 Å². The lowest BCUT2D eigenvalue weighted by Crippen LogP contribution is -2.25. The molecule has 3 rings (SSSR count). The lowest BCUT2D eigenvalue weighted by atomic mass is 9.97. The molecule has 23 heavy (non-hydrogen) atoms. The lowest BCUT2D eigenvalue weighted by molar-refractivity contribution is -0.605. The minimum atomic E-state index is -0.288. The van der Waals surface area contributed by atoms with Crippen LogP contribution in [0.4, 0.5) is 5.69 Å². The van der Waals surface area contributed by atoms with Crippen molar-refractivity contribution < 1.29 is 13.9 Å². The summed E-state index contributed by atoms with van der Waals surface area (Å²) in [6.07, 6.45) is 2.57. The Kier molecular flexibility index (Phi) is 3.52. The summed E-state index contributed by atoms with van der Waals surface area (Å²) in [5.74, 6) is 0.364. The van der Waals surface area contributed by atoms with E-state index in [2.05, 4.69) is 10.3 Å². The summed E-state index contributed by atoms with van der Waals surface area (Å²) in [5, 5.41) is 13.8. The number of benzene rings is 1. The molecule has 0 unspecified atom stereocenters. The molecule has 2 aromatic heterocycles. The van der Waals surface area contributed by atoms with Gasteiger partial charge in [-0.05, 0) is 18.2 Å². The number of nitrogens with one attached hydrogen (secondary N) is 1. The molecule has 118 valence electrons. The predicted molar refractivity (Wildman–Crippen MR) is 86.1 cm³/mol. The first-order chi connectivity index (χ1) is 10.8. The minimum absolute atomic E-state index is 0.180. The SMILES string of the molecule is CC(C)(C)c1nc2cc(NC(=O)c3cc[n+]([O-])cc3)ccc2o1. The number of fused-ring (bicyclic) bond motifs is 1. The number of hydrogen-bond donors (Lipinski definition) is 1. The molecule has 0 bridgehead atoms. The van der Waals surface area contributed by atoms with Crippen molar-refractivity contribution in [3.63, 3.8) is 0 Å². The molecule has 6 heteroatoms. The van der Waals surface area contributed by atoms with Crippen LogP contribution >= 0.6 is 0 Å². The number of anilines is 1. The smallest absolute Gasteiger partial charge is 0.256 e. The fraction of sp³-hybridized carbons (Fsp3) is 0.235. The van der Waals surface area contributed by atoms with Gasteiger partial charge in [-0.25, -0.2) is 4.98 Å². The molecule has 0 fully saturated rings. The molecule has 0 aliphatic rings. The fourth-order valence-electron chi connectivity index (χ4n) is 2.09. The number of nitrogens with zero attached hydrogens (tertiary/aromatic N) is 2. The van der Waals surface area contributed by atoms with E-state index in [9.17, 15) is 10.0 Å². The van der Waals surface area contributed by atoms with Crippen molar-refractivity contribution in [2.75, 3.05) is 5.32 Å². The number of hydrogen-bond acceptors (Lipinski definition) is 4. The van der Waals surface area contributed by atoms with Gasteiger partial charge in [0.1, 0.15) is 5.52 Å². The number of aromatic nitrogens is 2. The van der Waals surface area contributed by atoms with Gasteiger partial charge in [0.2, 0.25) is 5.89 Å². The molecule has 1 aromatic carbocycles. The maximum Gasteiger partial charge on any atom is 0.256 e. The van der Waals surface area contributed by atoms with Crippen molar-refractivity contribution in [2.24, 2.45) is 0 Å². The molecule has 0 atom stereocenters. The number of rotatable bonds is 2. The van der Waals surface area contributed by atoms with E-state index in [-0.39, 0.29) is 11.3 Å². The molecule has 3 aromatic rings. The van der Waals surface area contributed by atoms with Crippen LogP contribution in [0, 0.1) is 5.21 Å². The van der Waals surface area contributed by atoms with Gasteiger partial charge in [-0.15, -0.1) is 0 Å². The predicted octanol–water partition coefficient (Wildman–Crippen LogP) is 3.01. The Hall–Kier alpha value is -2.89. The first-order valence-corrected chi connectivity index (χ1v) is 7.24. The number of pyridine rings is 1. The second-order valence-corrected chi connectivity index (χ2v) is 6.35. The molecule has 0 aliphatic heterocycles. The lowest BCUT2D eigenvalue weighted by Gasteiger charge is -2.11. The molecule has 0 spiro atoms. The molecule has 0 radical (unpaired) electrons. The average Bonchev–Trinajstić information content (AvgIpc) is 2.91. The molecule has 0 saturated carbocycles. The monoisotopic (exact) mass is 311 g/mol. The first kappa shape index (κ1) is 15.0. The maximum atomic E-state index is 12.2. The van der Waals surface area contributed by atoms with E-state index in [1.165, 1.54) is 24.5 Å². The summed E-state index contributed by atoms with van der Waals surface area (Å²) in [6, 6.07) is 8.24. The minimum Gasteiger partial charge on any atom is -0.619 e. The van der Waals surface area contributed by atoms with E-state index in [0.29, 0.717) is 33.0 Å². The highest BCUT2D eigenvalue weighted by atomic mass is 16.5. The van der Waals surface area contributed by atoms with Gasteiger partial charge in [-0.2, -0.15) is 4.73 Å². The van der Waals surface area contributed by atoms with Crippen molar-refractivity contribution >= 4 is 22.7 Å². The van der Waals surface area contributed by atoms with Gasteiger partial charge in [0.25, 0.3) is 5.91 Å². The van der Waals surface area contributed by atoms with E-state index in [1.807, 2.05) is 20.8 Å². The van der Waals surface area contributed by atoms with Gasteiger partial charge < -0.3 is 14.9 Å². The summed E-state index contributed by atoms with van der Waals surface area (Å²) in [6.45, 7) is 6.08. The van der Waals surface area contributed by atoms with Crippen LogP contribution in [0.5, 0.6) is 0 Å². The third kappa shape index (κ3) is 3.15. The molecule has 0 aliphatic carbocycles. The van der Waals surface area contributed by atoms with E-state index < -0.39 is 0 Å². The highest BCUT2D eigenvalue weighted by molar-refractivity contribution is 6.04. The average molecular weight is 311 g/mol. The van der Waals surface area contributed by atoms with Gasteiger partial charge >= 0.3 is 0 Å². The number of carbonyl (C=O) groups is 1. The van der Waals surface area contributed by atoms with Gasteiger partial charge in [0.05, 0.1) is 5.56 Å². The van der Waals surface area contributed by atoms with Crippen molar-refractivity contribution in [1.29, 1.82) is 0 Å². The number of carbonyl (C=O) groups excluding carboxylic acids is 1. The Morgan fingerprint density at radius 3 is 2.57 bits per heavy atom. The summed E-state index contributed by atoms with van der Waals surface area (Å²) in [7, 11) is 0. The Bertz CT molecular complexity index is 861. The zero-order valence-electron chi connectivity index (χ0n) is 13.2. The van der Waals surface area contributed by atoms with Gasteiger partial charge in [0, 0.05) is 23.2 Å². The van der Waals surface area contributed by atoms with Crippen LogP contribution in [0.2, 0.25) is 0 Å². The standard InChI is InChI=1S/C17H17N3O3/c1-17(2,3)16-19-13-10-12(4-5-14(13)23-16)18-15(21)11-6-8-20(22)9-7-11/h4-10H,1-3H3,(H,18,21). The van der Waals surface area contributed by atoms with E-state index >= 15 is 0 Å². The third-order valence-electron chi connectivity index (χ3n) is 3.35. The summed E-state index contributed by atoms with van der Waals surface area (Å²) in [5.41, 5.74) is 2.22. The van der Waals surface area contributed by atoms with Crippen LogP contribution in [0.25, 0.3) is 11.1 Å². The molecule has 1 N–H and O–H groups in total. The Balaban J connectivity index is 1.85. The summed E-state index contributed by atoms with van der Waals surface area (Å²) < 4.78 is 6.36. The highest BCUT2D eigenvalue weighted by Gasteiger charge is 2.21. The van der Waals surface area contributed by atoms with Crippen LogP contribution in [0.15, 0.2) is 47.1 Å². The molecule has 0 saturated heterocycles. The molecular weight excluding hydrogens is 294 g/mol. The van der Waals surface area contributed by atoms with Crippen molar-refractivity contribution in [3.8, 4) is 0 Å². The van der Waals surface area contributed by atoms with Crippen molar-refractivity contribution in [2.45, 2.75) is 26.2 Å². The van der Waals surface area contributed by atoms with Crippen LogP contribution in [-0.2, 0) is 5.41 Å². The Morgan fingerprint density at radius 2 is 1.91 bits per heavy atom. The van der Waals surface area contributed by atoms with Gasteiger partial charge in [-0.3, -0.25) is 4.79 Å². The highest BCUT2D eigenvalue weighted by Crippen LogP contribution is 2.27. The second-order valence-electron chi connectivity index (χ2n) is 6.35. The maximum absolute atomic E-state index is 12.2. The molecular formula is C17H17N3O3. The largest absolute Gasteiger partial charge is 0.619 e. The summed E-state index contributed by atoms with van der Waals surface area (Å²) >= 11 is 0. The Labute approximate surface area is 133 Å². The van der Waals surface area contributed by atoms with Crippen LogP contribution < -0.4 is 10.0 Å². The zero-order chi connectivity index (χ0) is 16.6. The van der Waals surface area contributed by atoms with Gasteiger partial charge in [-0.1, -0.05) is 20.8 Å². The van der Waals surface area contributed by atoms with Crippen molar-refractivity contribution in [3.05, 3.63) is 59.4 Å². The van der Waals surface area contributed by atoms with E-state index in [4.69, 9.17) is 4.42 Å².